The average molecular weight is 449 g/mol. The number of nitrogens with zero attached hydrogens (tertiary/aromatic N) is 3. The van der Waals surface area contributed by atoms with E-state index in [-0.39, 0.29) is 11.3 Å². The Balaban J connectivity index is 1.97. The van der Waals surface area contributed by atoms with Crippen LogP contribution in [0.3, 0.4) is 0 Å². The Bertz CT molecular complexity index is 1320. The number of hydrogen-bond donors (Lipinski definition) is 1. The van der Waals surface area contributed by atoms with Gasteiger partial charge in [-0.1, -0.05) is 23.7 Å². The molecule has 3 rings (SSSR count). The van der Waals surface area contributed by atoms with Crippen molar-refractivity contribution >= 4 is 35.0 Å². The van der Waals surface area contributed by atoms with Gasteiger partial charge in [0, 0.05) is 33.7 Å². The van der Waals surface area contributed by atoms with Crippen LogP contribution in [-0.2, 0) is 4.79 Å². The minimum Gasteiger partial charge on any atom is -0.321 e. The van der Waals surface area contributed by atoms with Crippen LogP contribution in [-0.4, -0.2) is 15.4 Å². The molecule has 0 fully saturated rings. The largest absolute Gasteiger partial charge is 0.321 e. The molecule has 1 aromatic heterocycles. The summed E-state index contributed by atoms with van der Waals surface area (Å²) in [5.41, 5.74) is 4.76. The molecule has 0 aliphatic heterocycles. The lowest BCUT2D eigenvalue weighted by Crippen LogP contribution is -2.13. The SMILES string of the molecule is Cc1ccc(NC(=O)/C(C#N)=C\c2cc(C)n(-c3ccc(C)c([N+](=O)[O-])c3)c2C)cc1Cl. The summed E-state index contributed by atoms with van der Waals surface area (Å²) in [4.78, 5) is 23.6. The van der Waals surface area contributed by atoms with E-state index in [4.69, 9.17) is 11.6 Å². The van der Waals surface area contributed by atoms with Crippen LogP contribution in [0.5, 0.6) is 0 Å². The molecule has 32 heavy (non-hydrogen) atoms. The highest BCUT2D eigenvalue weighted by atomic mass is 35.5. The maximum atomic E-state index is 12.6. The van der Waals surface area contributed by atoms with Crippen LogP contribution >= 0.6 is 11.6 Å². The molecule has 0 atom stereocenters. The molecule has 0 radical (unpaired) electrons. The second kappa shape index (κ2) is 9.08. The van der Waals surface area contributed by atoms with Crippen molar-refractivity contribution in [2.75, 3.05) is 5.32 Å². The summed E-state index contributed by atoms with van der Waals surface area (Å²) >= 11 is 6.10. The molecule has 0 spiro atoms. The molecule has 0 unspecified atom stereocenters. The fraction of sp³-hybridized carbons (Fsp3) is 0.167. The highest BCUT2D eigenvalue weighted by Crippen LogP contribution is 2.27. The molecule has 3 aromatic rings. The topological polar surface area (TPSA) is 101 Å². The molecule has 1 amide bonds. The number of nitro benzene ring substituents is 1. The van der Waals surface area contributed by atoms with Crippen molar-refractivity contribution in [1.82, 2.24) is 4.57 Å². The van der Waals surface area contributed by atoms with Gasteiger partial charge in [0.15, 0.2) is 0 Å². The average Bonchev–Trinajstić information content (AvgIpc) is 3.02. The monoisotopic (exact) mass is 448 g/mol. The first-order valence-corrected chi connectivity index (χ1v) is 10.1. The van der Waals surface area contributed by atoms with Gasteiger partial charge in [-0.15, -0.1) is 0 Å². The van der Waals surface area contributed by atoms with Gasteiger partial charge >= 0.3 is 0 Å². The van der Waals surface area contributed by atoms with Gasteiger partial charge in [0.05, 0.1) is 10.6 Å². The van der Waals surface area contributed by atoms with E-state index >= 15 is 0 Å². The zero-order valence-electron chi connectivity index (χ0n) is 18.1. The molecule has 0 saturated heterocycles. The van der Waals surface area contributed by atoms with Crippen molar-refractivity contribution in [1.29, 1.82) is 5.26 Å². The van der Waals surface area contributed by atoms with Crippen LogP contribution in [0.1, 0.15) is 28.1 Å². The van der Waals surface area contributed by atoms with Crippen molar-refractivity contribution in [2.24, 2.45) is 0 Å². The molecular formula is C24H21ClN4O3. The number of anilines is 1. The van der Waals surface area contributed by atoms with E-state index in [1.165, 1.54) is 12.1 Å². The lowest BCUT2D eigenvalue weighted by atomic mass is 10.1. The summed E-state index contributed by atoms with van der Waals surface area (Å²) in [6.45, 7) is 7.23. The second-order valence-corrected chi connectivity index (χ2v) is 7.88. The molecule has 0 saturated carbocycles. The van der Waals surface area contributed by atoms with Crippen molar-refractivity contribution in [3.8, 4) is 11.8 Å². The first-order valence-electron chi connectivity index (χ1n) is 9.76. The number of amides is 1. The number of benzene rings is 2. The number of hydrogen-bond acceptors (Lipinski definition) is 4. The molecule has 162 valence electrons. The third-order valence-corrected chi connectivity index (χ3v) is 5.62. The Hall–Kier alpha value is -3.89. The maximum absolute atomic E-state index is 12.6. The van der Waals surface area contributed by atoms with Crippen LogP contribution in [0, 0.1) is 49.1 Å². The van der Waals surface area contributed by atoms with E-state index in [9.17, 15) is 20.2 Å². The first-order chi connectivity index (χ1) is 15.1. The Morgan fingerprint density at radius 2 is 1.81 bits per heavy atom. The quantitative estimate of drug-likeness (QED) is 0.230. The van der Waals surface area contributed by atoms with Gasteiger partial charge in [-0.05, 0) is 69.2 Å². The van der Waals surface area contributed by atoms with Gasteiger partial charge in [-0.25, -0.2) is 0 Å². The lowest BCUT2D eigenvalue weighted by molar-refractivity contribution is -0.385. The van der Waals surface area contributed by atoms with E-state index in [0.29, 0.717) is 27.5 Å². The van der Waals surface area contributed by atoms with Crippen molar-refractivity contribution < 1.29 is 9.72 Å². The maximum Gasteiger partial charge on any atom is 0.274 e. The lowest BCUT2D eigenvalue weighted by Gasteiger charge is -2.10. The third-order valence-electron chi connectivity index (χ3n) is 5.21. The number of nitrogens with one attached hydrogen (secondary N) is 1. The standard InChI is InChI=1S/C24H21ClN4O3/c1-14-5-7-20(11-22(14)25)27-24(30)19(13-26)10-18-9-16(3)28(17(18)4)21-8-6-15(2)23(12-21)29(31)32/h5-12H,1-4H3,(H,27,30)/b19-10-. The smallest absolute Gasteiger partial charge is 0.274 e. The van der Waals surface area contributed by atoms with Crippen molar-refractivity contribution in [3.05, 3.63) is 91.3 Å². The number of rotatable bonds is 5. The Kier molecular flexibility index (Phi) is 6.47. The number of aryl methyl sites for hydroxylation is 3. The Morgan fingerprint density at radius 1 is 1.12 bits per heavy atom. The fourth-order valence-corrected chi connectivity index (χ4v) is 3.62. The summed E-state index contributed by atoms with van der Waals surface area (Å²) in [6, 6.07) is 13.9. The number of halogens is 1. The van der Waals surface area contributed by atoms with Gasteiger partial charge in [0.2, 0.25) is 0 Å². The van der Waals surface area contributed by atoms with E-state index in [1.54, 1.807) is 37.3 Å². The molecule has 7 nitrogen and oxygen atoms in total. The van der Waals surface area contributed by atoms with Crippen LogP contribution in [0.25, 0.3) is 11.8 Å². The zero-order chi connectivity index (χ0) is 23.6. The molecule has 1 heterocycles. The predicted octanol–water partition coefficient (Wildman–Crippen LogP) is 5.82. The molecule has 0 aliphatic rings. The summed E-state index contributed by atoms with van der Waals surface area (Å²) < 4.78 is 1.85. The zero-order valence-corrected chi connectivity index (χ0v) is 18.8. The highest BCUT2D eigenvalue weighted by molar-refractivity contribution is 6.31. The van der Waals surface area contributed by atoms with E-state index < -0.39 is 10.8 Å². The number of nitriles is 1. The number of aromatic nitrogens is 1. The van der Waals surface area contributed by atoms with Gasteiger partial charge in [-0.3, -0.25) is 14.9 Å². The number of carbonyl (C=O) groups is 1. The van der Waals surface area contributed by atoms with Gasteiger partial charge in [0.25, 0.3) is 11.6 Å². The van der Waals surface area contributed by atoms with Crippen LogP contribution in [0.2, 0.25) is 5.02 Å². The highest BCUT2D eigenvalue weighted by Gasteiger charge is 2.17. The summed E-state index contributed by atoms with van der Waals surface area (Å²) in [6.07, 6.45) is 1.51. The van der Waals surface area contributed by atoms with Crippen LogP contribution in [0.4, 0.5) is 11.4 Å². The van der Waals surface area contributed by atoms with Crippen molar-refractivity contribution in [3.63, 3.8) is 0 Å². The Labute approximate surface area is 190 Å². The minimum atomic E-state index is -0.553. The van der Waals surface area contributed by atoms with Crippen LogP contribution in [0.15, 0.2) is 48.0 Å². The van der Waals surface area contributed by atoms with Crippen molar-refractivity contribution in [2.45, 2.75) is 27.7 Å². The fourth-order valence-electron chi connectivity index (χ4n) is 3.44. The third kappa shape index (κ3) is 4.56. The van der Waals surface area contributed by atoms with Gasteiger partial charge in [-0.2, -0.15) is 5.26 Å². The Morgan fingerprint density at radius 3 is 2.44 bits per heavy atom. The molecule has 0 bridgehead atoms. The number of carbonyl (C=O) groups excluding carboxylic acids is 1. The van der Waals surface area contributed by atoms with E-state index in [0.717, 1.165) is 17.0 Å². The van der Waals surface area contributed by atoms with Gasteiger partial charge < -0.3 is 9.88 Å². The normalized spacial score (nSPS) is 11.2. The summed E-state index contributed by atoms with van der Waals surface area (Å²) in [7, 11) is 0. The molecule has 0 aliphatic carbocycles. The molecule has 1 N–H and O–H groups in total. The molecule has 8 heteroatoms. The van der Waals surface area contributed by atoms with Gasteiger partial charge in [0.1, 0.15) is 11.6 Å². The molecule has 2 aromatic carbocycles. The first kappa shape index (κ1) is 22.8. The second-order valence-electron chi connectivity index (χ2n) is 7.48. The van der Waals surface area contributed by atoms with Crippen LogP contribution < -0.4 is 5.32 Å². The summed E-state index contributed by atoms with van der Waals surface area (Å²) in [5, 5.41) is 24.1. The van der Waals surface area contributed by atoms with E-state index in [2.05, 4.69) is 5.32 Å². The molecular weight excluding hydrogens is 428 g/mol. The number of nitro groups is 1. The summed E-state index contributed by atoms with van der Waals surface area (Å²) in [5.74, 6) is -0.553. The predicted molar refractivity (Wildman–Crippen MR) is 125 cm³/mol. The minimum absolute atomic E-state index is 0.0287. The van der Waals surface area contributed by atoms with E-state index in [1.807, 2.05) is 37.5 Å².